The summed E-state index contributed by atoms with van der Waals surface area (Å²) < 4.78 is 29.5. The highest BCUT2D eigenvalue weighted by Gasteiger charge is 2.40. The van der Waals surface area contributed by atoms with Gasteiger partial charge in [-0.05, 0) is 44.4 Å². The first-order valence-electron chi connectivity index (χ1n) is 7.32. The van der Waals surface area contributed by atoms with Gasteiger partial charge in [0.05, 0.1) is 11.4 Å². The minimum Gasteiger partial charge on any atom is -0.271 e. The first-order valence-corrected chi connectivity index (χ1v) is 8.76. The third-order valence-electron chi connectivity index (χ3n) is 4.05. The average Bonchev–Trinajstić information content (AvgIpc) is 3.25. The molecule has 0 amide bonds. The van der Waals surface area contributed by atoms with E-state index >= 15 is 0 Å². The zero-order valence-electron chi connectivity index (χ0n) is 13.0. The number of sulfonamides is 1. The zero-order chi connectivity index (χ0) is 15.9. The van der Waals surface area contributed by atoms with Crippen molar-refractivity contribution in [3.8, 4) is 0 Å². The van der Waals surface area contributed by atoms with Crippen LogP contribution in [0.15, 0.2) is 29.4 Å². The minimum absolute atomic E-state index is 0.0946. The summed E-state index contributed by atoms with van der Waals surface area (Å²) in [6, 6.07) is 3.80. The van der Waals surface area contributed by atoms with Crippen LogP contribution in [0, 0.1) is 13.8 Å². The van der Waals surface area contributed by atoms with Gasteiger partial charge in [-0.25, -0.2) is 8.42 Å². The first kappa shape index (κ1) is 15.2. The number of aryl methyl sites for hydroxylation is 2. The number of pyridine rings is 1. The predicted octanol–water partition coefficient (Wildman–Crippen LogP) is 1.79. The van der Waals surface area contributed by atoms with Crippen molar-refractivity contribution in [3.05, 3.63) is 41.5 Å². The summed E-state index contributed by atoms with van der Waals surface area (Å²) in [5.41, 5.74) is 2.18. The van der Waals surface area contributed by atoms with E-state index in [2.05, 4.69) is 10.1 Å². The Morgan fingerprint density at radius 2 is 1.91 bits per heavy atom. The molecule has 0 saturated heterocycles. The van der Waals surface area contributed by atoms with E-state index in [1.54, 1.807) is 42.3 Å². The largest absolute Gasteiger partial charge is 0.271 e. The van der Waals surface area contributed by atoms with E-state index in [1.807, 2.05) is 12.1 Å². The second-order valence-electron chi connectivity index (χ2n) is 5.76. The van der Waals surface area contributed by atoms with Crippen molar-refractivity contribution < 1.29 is 8.42 Å². The zero-order valence-corrected chi connectivity index (χ0v) is 13.8. The SMILES string of the molecule is Cc1nn(C)c(C)c1S(=O)(=O)N(Cc1ccncc1)C1CC1. The van der Waals surface area contributed by atoms with Gasteiger partial charge in [-0.15, -0.1) is 0 Å². The van der Waals surface area contributed by atoms with E-state index in [0.717, 1.165) is 18.4 Å². The summed E-state index contributed by atoms with van der Waals surface area (Å²) in [5.74, 6) is 0. The number of hydrogen-bond acceptors (Lipinski definition) is 4. The van der Waals surface area contributed by atoms with Gasteiger partial charge in [0.15, 0.2) is 0 Å². The lowest BCUT2D eigenvalue weighted by atomic mass is 10.3. The molecule has 0 bridgehead atoms. The molecule has 7 heteroatoms. The minimum atomic E-state index is -3.55. The summed E-state index contributed by atoms with van der Waals surface area (Å²) in [4.78, 5) is 4.33. The van der Waals surface area contributed by atoms with Crippen LogP contribution in [0.1, 0.15) is 29.8 Å². The van der Waals surface area contributed by atoms with Crippen LogP contribution < -0.4 is 0 Å². The summed E-state index contributed by atoms with van der Waals surface area (Å²) >= 11 is 0. The van der Waals surface area contributed by atoms with Crippen molar-refractivity contribution in [1.82, 2.24) is 19.1 Å². The molecule has 0 N–H and O–H groups in total. The molecule has 3 rings (SSSR count). The molecule has 1 saturated carbocycles. The van der Waals surface area contributed by atoms with Crippen LogP contribution in [0.4, 0.5) is 0 Å². The molecule has 118 valence electrons. The molecule has 0 radical (unpaired) electrons. The monoisotopic (exact) mass is 320 g/mol. The number of rotatable bonds is 5. The fraction of sp³-hybridized carbons (Fsp3) is 0.467. The Labute approximate surface area is 130 Å². The van der Waals surface area contributed by atoms with Crippen LogP contribution in [0.25, 0.3) is 0 Å². The lowest BCUT2D eigenvalue weighted by Crippen LogP contribution is -2.33. The van der Waals surface area contributed by atoms with Gasteiger partial charge in [-0.2, -0.15) is 9.40 Å². The predicted molar refractivity (Wildman–Crippen MR) is 82.7 cm³/mol. The molecule has 1 aliphatic carbocycles. The van der Waals surface area contributed by atoms with Gasteiger partial charge in [0.2, 0.25) is 10.0 Å². The van der Waals surface area contributed by atoms with Gasteiger partial charge in [-0.3, -0.25) is 9.67 Å². The van der Waals surface area contributed by atoms with Crippen LogP contribution in [0.2, 0.25) is 0 Å². The van der Waals surface area contributed by atoms with Gasteiger partial charge in [0.25, 0.3) is 0 Å². The Morgan fingerprint density at radius 3 is 2.41 bits per heavy atom. The van der Waals surface area contributed by atoms with Crippen LogP contribution in [0.3, 0.4) is 0 Å². The van der Waals surface area contributed by atoms with Gasteiger partial charge >= 0.3 is 0 Å². The highest BCUT2D eigenvalue weighted by atomic mass is 32.2. The van der Waals surface area contributed by atoms with E-state index in [9.17, 15) is 8.42 Å². The molecule has 6 nitrogen and oxygen atoms in total. The highest BCUT2D eigenvalue weighted by molar-refractivity contribution is 7.89. The molecule has 0 aromatic carbocycles. The van der Waals surface area contributed by atoms with Crippen molar-refractivity contribution in [3.63, 3.8) is 0 Å². The molecule has 2 heterocycles. The van der Waals surface area contributed by atoms with Crippen molar-refractivity contribution in [2.24, 2.45) is 7.05 Å². The lowest BCUT2D eigenvalue weighted by Gasteiger charge is -2.22. The summed E-state index contributed by atoms with van der Waals surface area (Å²) in [7, 11) is -1.78. The molecule has 1 fully saturated rings. The third-order valence-corrected chi connectivity index (χ3v) is 6.20. The maximum absolute atomic E-state index is 13.1. The van der Waals surface area contributed by atoms with Crippen molar-refractivity contribution in [2.45, 2.75) is 44.2 Å². The first-order chi connectivity index (χ1) is 10.4. The second-order valence-corrected chi connectivity index (χ2v) is 7.59. The third kappa shape index (κ3) is 2.66. The lowest BCUT2D eigenvalue weighted by molar-refractivity contribution is 0.398. The van der Waals surface area contributed by atoms with E-state index in [0.29, 0.717) is 22.8 Å². The van der Waals surface area contributed by atoms with E-state index in [-0.39, 0.29) is 6.04 Å². The second kappa shape index (κ2) is 5.48. The van der Waals surface area contributed by atoms with E-state index < -0.39 is 10.0 Å². The maximum Gasteiger partial charge on any atom is 0.247 e. The average molecular weight is 320 g/mol. The van der Waals surface area contributed by atoms with Gasteiger partial charge < -0.3 is 0 Å². The topological polar surface area (TPSA) is 68.1 Å². The Balaban J connectivity index is 2.00. The van der Waals surface area contributed by atoms with Crippen LogP contribution in [-0.2, 0) is 23.6 Å². The molecule has 0 unspecified atom stereocenters. The van der Waals surface area contributed by atoms with Crippen molar-refractivity contribution in [2.75, 3.05) is 0 Å². The Bertz CT molecular complexity index is 779. The fourth-order valence-corrected chi connectivity index (χ4v) is 4.76. The van der Waals surface area contributed by atoms with Crippen LogP contribution in [-0.4, -0.2) is 33.5 Å². The maximum atomic E-state index is 13.1. The van der Waals surface area contributed by atoms with Crippen molar-refractivity contribution >= 4 is 10.0 Å². The summed E-state index contributed by atoms with van der Waals surface area (Å²) in [6.45, 7) is 3.92. The Kier molecular flexibility index (Phi) is 3.78. The van der Waals surface area contributed by atoms with E-state index in [1.165, 1.54) is 0 Å². The number of aromatic nitrogens is 3. The Hall–Kier alpha value is -1.73. The number of nitrogens with zero attached hydrogens (tertiary/aromatic N) is 4. The normalized spacial score (nSPS) is 15.5. The molecular formula is C15H20N4O2S. The molecule has 0 atom stereocenters. The fourth-order valence-electron chi connectivity index (χ4n) is 2.69. The van der Waals surface area contributed by atoms with Crippen molar-refractivity contribution in [1.29, 1.82) is 0 Å². The van der Waals surface area contributed by atoms with Gasteiger partial charge in [0.1, 0.15) is 4.90 Å². The summed E-state index contributed by atoms with van der Waals surface area (Å²) in [6.07, 6.45) is 5.21. The molecular weight excluding hydrogens is 300 g/mol. The molecule has 1 aliphatic rings. The van der Waals surface area contributed by atoms with Gasteiger partial charge in [0, 0.05) is 32.0 Å². The quantitative estimate of drug-likeness (QED) is 0.842. The molecule has 2 aromatic heterocycles. The molecule has 2 aromatic rings. The smallest absolute Gasteiger partial charge is 0.247 e. The summed E-state index contributed by atoms with van der Waals surface area (Å²) in [5, 5.41) is 4.25. The van der Waals surface area contributed by atoms with Crippen LogP contribution in [0.5, 0.6) is 0 Å². The highest BCUT2D eigenvalue weighted by Crippen LogP contribution is 2.35. The Morgan fingerprint density at radius 1 is 1.27 bits per heavy atom. The molecule has 0 aliphatic heterocycles. The van der Waals surface area contributed by atoms with Crippen LogP contribution >= 0.6 is 0 Å². The standard InChI is InChI=1S/C15H20N4O2S/c1-11-15(12(2)18(3)17-11)22(20,21)19(14-4-5-14)10-13-6-8-16-9-7-13/h6-9,14H,4-5,10H2,1-3H3. The number of hydrogen-bond donors (Lipinski definition) is 0. The van der Waals surface area contributed by atoms with E-state index in [4.69, 9.17) is 0 Å². The molecule has 22 heavy (non-hydrogen) atoms. The molecule has 0 spiro atoms. The van der Waals surface area contributed by atoms with Gasteiger partial charge in [-0.1, -0.05) is 0 Å².